The molecule has 0 aromatic heterocycles. The third-order valence-corrected chi connectivity index (χ3v) is 5.29. The largest absolute Gasteiger partial charge is 0.350 e. The SMILES string of the molecule is Cc1cccc(CN2CCCCC2C(=O)ON2C(=O)c3ccccc3C2=O)c1. The predicted octanol–water partition coefficient (Wildman–Crippen LogP) is 3.10. The first kappa shape index (κ1) is 18.4. The van der Waals surface area contributed by atoms with Crippen LogP contribution in [0.25, 0.3) is 0 Å². The van der Waals surface area contributed by atoms with Crippen molar-refractivity contribution in [1.29, 1.82) is 0 Å². The molecule has 0 bridgehead atoms. The first-order valence-corrected chi connectivity index (χ1v) is 9.54. The molecule has 6 heteroatoms. The van der Waals surface area contributed by atoms with Crippen LogP contribution in [-0.2, 0) is 16.2 Å². The van der Waals surface area contributed by atoms with Gasteiger partial charge in [0.25, 0.3) is 11.8 Å². The summed E-state index contributed by atoms with van der Waals surface area (Å²) < 4.78 is 0. The highest BCUT2D eigenvalue weighted by atomic mass is 16.7. The van der Waals surface area contributed by atoms with Gasteiger partial charge in [-0.25, -0.2) is 4.79 Å². The summed E-state index contributed by atoms with van der Waals surface area (Å²) >= 11 is 0. The molecule has 0 radical (unpaired) electrons. The minimum atomic E-state index is -0.588. The minimum absolute atomic E-state index is 0.264. The fraction of sp³-hybridized carbons (Fsp3) is 0.318. The molecule has 1 fully saturated rings. The number of nitrogens with zero attached hydrogens (tertiary/aromatic N) is 2. The first-order chi connectivity index (χ1) is 13.5. The second kappa shape index (κ2) is 7.56. The van der Waals surface area contributed by atoms with E-state index in [0.717, 1.165) is 24.9 Å². The Bertz CT molecular complexity index is 905. The summed E-state index contributed by atoms with van der Waals surface area (Å²) in [5.74, 6) is -1.73. The molecular formula is C22H22N2O4. The van der Waals surface area contributed by atoms with Gasteiger partial charge in [0.15, 0.2) is 0 Å². The maximum Gasteiger partial charge on any atom is 0.350 e. The van der Waals surface area contributed by atoms with Crippen LogP contribution in [0.5, 0.6) is 0 Å². The number of likely N-dealkylation sites (tertiary alicyclic amines) is 1. The Morgan fingerprint density at radius 1 is 1.04 bits per heavy atom. The highest BCUT2D eigenvalue weighted by Crippen LogP contribution is 2.25. The summed E-state index contributed by atoms with van der Waals surface area (Å²) in [6.07, 6.45) is 2.56. The Morgan fingerprint density at radius 3 is 2.43 bits per heavy atom. The van der Waals surface area contributed by atoms with E-state index in [4.69, 9.17) is 4.84 Å². The summed E-state index contributed by atoms with van der Waals surface area (Å²) in [6, 6.07) is 14.2. The van der Waals surface area contributed by atoms with Gasteiger partial charge < -0.3 is 4.84 Å². The van der Waals surface area contributed by atoms with E-state index in [1.807, 2.05) is 25.1 Å². The van der Waals surface area contributed by atoms with Gasteiger partial charge in [-0.3, -0.25) is 14.5 Å². The minimum Gasteiger partial charge on any atom is -0.328 e. The summed E-state index contributed by atoms with van der Waals surface area (Å²) in [4.78, 5) is 45.1. The fourth-order valence-corrected chi connectivity index (χ4v) is 3.89. The molecule has 1 atom stereocenters. The van der Waals surface area contributed by atoms with Gasteiger partial charge >= 0.3 is 5.97 Å². The third kappa shape index (κ3) is 3.43. The molecule has 2 aromatic rings. The average molecular weight is 378 g/mol. The zero-order valence-electron chi connectivity index (χ0n) is 15.8. The van der Waals surface area contributed by atoms with Gasteiger partial charge in [0.1, 0.15) is 6.04 Å². The first-order valence-electron chi connectivity index (χ1n) is 9.54. The molecule has 2 amide bonds. The van der Waals surface area contributed by atoms with Gasteiger partial charge in [0.2, 0.25) is 0 Å². The highest BCUT2D eigenvalue weighted by molar-refractivity contribution is 6.20. The van der Waals surface area contributed by atoms with E-state index in [9.17, 15) is 14.4 Å². The van der Waals surface area contributed by atoms with E-state index in [-0.39, 0.29) is 11.1 Å². The Morgan fingerprint density at radius 2 is 1.75 bits per heavy atom. The Labute approximate surface area is 163 Å². The van der Waals surface area contributed by atoms with Crippen molar-refractivity contribution in [2.45, 2.75) is 38.8 Å². The lowest BCUT2D eigenvalue weighted by atomic mass is 10.0. The Hall–Kier alpha value is -2.99. The van der Waals surface area contributed by atoms with Crippen molar-refractivity contribution < 1.29 is 19.2 Å². The van der Waals surface area contributed by atoms with Crippen LogP contribution in [-0.4, -0.2) is 40.3 Å². The number of carbonyl (C=O) groups excluding carboxylic acids is 3. The van der Waals surface area contributed by atoms with Gasteiger partial charge in [-0.05, 0) is 44.0 Å². The van der Waals surface area contributed by atoms with E-state index in [2.05, 4.69) is 11.0 Å². The highest BCUT2D eigenvalue weighted by Gasteiger charge is 2.41. The van der Waals surface area contributed by atoms with Crippen molar-refractivity contribution in [3.63, 3.8) is 0 Å². The maximum atomic E-state index is 12.9. The number of hydrogen-bond donors (Lipinski definition) is 0. The summed E-state index contributed by atoms with van der Waals surface area (Å²) in [5, 5.41) is 0.604. The Kier molecular flexibility index (Phi) is 4.96. The second-order valence-corrected chi connectivity index (χ2v) is 7.33. The number of fused-ring (bicyclic) bond motifs is 1. The van der Waals surface area contributed by atoms with Crippen molar-refractivity contribution in [2.75, 3.05) is 6.54 Å². The molecule has 6 nitrogen and oxygen atoms in total. The second-order valence-electron chi connectivity index (χ2n) is 7.33. The standard InChI is InChI=1S/C22H22N2O4/c1-15-7-6-8-16(13-15)14-23-12-5-4-11-19(23)22(27)28-24-20(25)17-9-2-3-10-18(17)21(24)26/h2-3,6-10,13,19H,4-5,11-12,14H2,1H3. The molecule has 144 valence electrons. The summed E-state index contributed by atoms with van der Waals surface area (Å²) in [6.45, 7) is 3.44. The maximum absolute atomic E-state index is 12.9. The Balaban J connectivity index is 1.48. The van der Waals surface area contributed by atoms with Gasteiger partial charge in [-0.1, -0.05) is 53.4 Å². The number of hydrogen-bond acceptors (Lipinski definition) is 5. The lowest BCUT2D eigenvalue weighted by Gasteiger charge is -2.34. The van der Waals surface area contributed by atoms with Crippen LogP contribution in [0.1, 0.15) is 51.1 Å². The molecule has 0 aliphatic carbocycles. The van der Waals surface area contributed by atoms with Crippen molar-refractivity contribution in [3.05, 3.63) is 70.8 Å². The molecular weight excluding hydrogens is 356 g/mol. The molecule has 2 heterocycles. The fourth-order valence-electron chi connectivity index (χ4n) is 3.89. The third-order valence-electron chi connectivity index (χ3n) is 5.29. The van der Waals surface area contributed by atoms with Crippen LogP contribution < -0.4 is 0 Å². The number of rotatable bonds is 4. The van der Waals surface area contributed by atoms with Crippen LogP contribution in [0.15, 0.2) is 48.5 Å². The number of aryl methyl sites for hydroxylation is 1. The predicted molar refractivity (Wildman–Crippen MR) is 102 cm³/mol. The van der Waals surface area contributed by atoms with E-state index in [0.29, 0.717) is 18.0 Å². The van der Waals surface area contributed by atoms with E-state index in [1.165, 1.54) is 5.56 Å². The smallest absolute Gasteiger partial charge is 0.328 e. The lowest BCUT2D eigenvalue weighted by molar-refractivity contribution is -0.176. The zero-order chi connectivity index (χ0) is 19.7. The van der Waals surface area contributed by atoms with E-state index < -0.39 is 23.8 Å². The summed E-state index contributed by atoms with van der Waals surface area (Å²) in [7, 11) is 0. The lowest BCUT2D eigenvalue weighted by Crippen LogP contribution is -2.47. The van der Waals surface area contributed by atoms with Crippen molar-refractivity contribution in [1.82, 2.24) is 9.96 Å². The monoisotopic (exact) mass is 378 g/mol. The van der Waals surface area contributed by atoms with Gasteiger partial charge in [-0.2, -0.15) is 0 Å². The summed E-state index contributed by atoms with van der Waals surface area (Å²) in [5.41, 5.74) is 2.82. The van der Waals surface area contributed by atoms with E-state index in [1.54, 1.807) is 24.3 Å². The number of imide groups is 1. The molecule has 4 rings (SSSR count). The normalized spacial score (nSPS) is 19.6. The number of piperidine rings is 1. The molecule has 28 heavy (non-hydrogen) atoms. The number of hydroxylamine groups is 2. The number of carbonyl (C=O) groups is 3. The van der Waals surface area contributed by atoms with E-state index >= 15 is 0 Å². The van der Waals surface area contributed by atoms with Crippen LogP contribution in [0.2, 0.25) is 0 Å². The quantitative estimate of drug-likeness (QED) is 0.765. The molecule has 0 spiro atoms. The molecule has 1 unspecified atom stereocenters. The molecule has 2 aliphatic heterocycles. The van der Waals surface area contributed by atoms with Crippen LogP contribution in [0.4, 0.5) is 0 Å². The van der Waals surface area contributed by atoms with Crippen molar-refractivity contribution in [2.24, 2.45) is 0 Å². The van der Waals surface area contributed by atoms with Gasteiger partial charge in [-0.15, -0.1) is 0 Å². The average Bonchev–Trinajstić information content (AvgIpc) is 2.94. The van der Waals surface area contributed by atoms with Gasteiger partial charge in [0, 0.05) is 6.54 Å². The number of amides is 2. The van der Waals surface area contributed by atoms with Gasteiger partial charge in [0.05, 0.1) is 11.1 Å². The molecule has 0 saturated carbocycles. The van der Waals surface area contributed by atoms with Crippen LogP contribution >= 0.6 is 0 Å². The molecule has 2 aliphatic rings. The van der Waals surface area contributed by atoms with Crippen LogP contribution in [0, 0.1) is 6.92 Å². The molecule has 2 aromatic carbocycles. The number of benzene rings is 2. The topological polar surface area (TPSA) is 66.9 Å². The van der Waals surface area contributed by atoms with Crippen LogP contribution in [0.3, 0.4) is 0 Å². The molecule has 0 N–H and O–H groups in total. The van der Waals surface area contributed by atoms with Crippen molar-refractivity contribution in [3.8, 4) is 0 Å². The molecule has 1 saturated heterocycles. The zero-order valence-corrected chi connectivity index (χ0v) is 15.8. The van der Waals surface area contributed by atoms with Crippen molar-refractivity contribution >= 4 is 17.8 Å².